The number of aromatic nitrogens is 1. The normalized spacial score (nSPS) is 10.6. The lowest BCUT2D eigenvalue weighted by atomic mass is 10.1. The highest BCUT2D eigenvalue weighted by Gasteiger charge is 2.09. The molecule has 0 radical (unpaired) electrons. The van der Waals surface area contributed by atoms with Crippen LogP contribution in [0.5, 0.6) is 17.2 Å². The third kappa shape index (κ3) is 3.04. The van der Waals surface area contributed by atoms with Crippen LogP contribution in [0.15, 0.2) is 36.5 Å². The van der Waals surface area contributed by atoms with Gasteiger partial charge in [0.2, 0.25) is 5.75 Å². The highest BCUT2D eigenvalue weighted by molar-refractivity contribution is 5.71. The Hall–Kier alpha value is -2.49. The van der Waals surface area contributed by atoms with Crippen molar-refractivity contribution < 1.29 is 14.6 Å². The van der Waals surface area contributed by atoms with E-state index in [0.717, 1.165) is 11.3 Å². The van der Waals surface area contributed by atoms with E-state index in [-0.39, 0.29) is 5.75 Å². The summed E-state index contributed by atoms with van der Waals surface area (Å²) < 4.78 is 10.2. The largest absolute Gasteiger partial charge is 0.502 e. The summed E-state index contributed by atoms with van der Waals surface area (Å²) in [7, 11) is 3.00. The van der Waals surface area contributed by atoms with Gasteiger partial charge in [0, 0.05) is 6.20 Å². The molecular formula is C15H15NO3. The second-order valence-electron chi connectivity index (χ2n) is 3.86. The molecule has 19 heavy (non-hydrogen) atoms. The Kier molecular flexibility index (Phi) is 4.03. The average Bonchev–Trinajstić information content (AvgIpc) is 2.47. The highest BCUT2D eigenvalue weighted by Crippen LogP contribution is 2.37. The second-order valence-corrected chi connectivity index (χ2v) is 3.86. The van der Waals surface area contributed by atoms with Crippen molar-refractivity contribution in [3.8, 4) is 17.2 Å². The smallest absolute Gasteiger partial charge is 0.200 e. The number of phenols is 1. The molecule has 0 fully saturated rings. The van der Waals surface area contributed by atoms with Crippen LogP contribution in [0, 0.1) is 0 Å². The zero-order chi connectivity index (χ0) is 13.7. The first kappa shape index (κ1) is 13.0. The first-order chi connectivity index (χ1) is 9.24. The molecule has 0 aliphatic rings. The fourth-order valence-electron chi connectivity index (χ4n) is 1.67. The zero-order valence-corrected chi connectivity index (χ0v) is 10.8. The lowest BCUT2D eigenvalue weighted by Gasteiger charge is -2.09. The van der Waals surface area contributed by atoms with E-state index in [4.69, 9.17) is 9.47 Å². The van der Waals surface area contributed by atoms with Gasteiger partial charge in [0.05, 0.1) is 19.9 Å². The Morgan fingerprint density at radius 2 is 1.74 bits per heavy atom. The van der Waals surface area contributed by atoms with Crippen molar-refractivity contribution >= 4 is 12.2 Å². The SMILES string of the molecule is COc1cc(/C=C/c2ccccn2)cc(OC)c1O. The van der Waals surface area contributed by atoms with E-state index in [1.807, 2.05) is 30.4 Å². The van der Waals surface area contributed by atoms with Crippen molar-refractivity contribution in [2.75, 3.05) is 14.2 Å². The molecule has 0 saturated heterocycles. The number of hydrogen-bond donors (Lipinski definition) is 1. The molecule has 1 aromatic carbocycles. The molecule has 4 nitrogen and oxygen atoms in total. The van der Waals surface area contributed by atoms with Crippen LogP contribution in [0.4, 0.5) is 0 Å². The minimum Gasteiger partial charge on any atom is -0.502 e. The fraction of sp³-hybridized carbons (Fsp3) is 0.133. The van der Waals surface area contributed by atoms with Gasteiger partial charge < -0.3 is 14.6 Å². The van der Waals surface area contributed by atoms with Gasteiger partial charge in [-0.3, -0.25) is 4.98 Å². The van der Waals surface area contributed by atoms with Gasteiger partial charge in [0.25, 0.3) is 0 Å². The minimum atomic E-state index is -0.0000129. The minimum absolute atomic E-state index is 0.0000129. The van der Waals surface area contributed by atoms with Crippen LogP contribution in [0.3, 0.4) is 0 Å². The van der Waals surface area contributed by atoms with Gasteiger partial charge >= 0.3 is 0 Å². The summed E-state index contributed by atoms with van der Waals surface area (Å²) in [6.45, 7) is 0. The second kappa shape index (κ2) is 5.91. The van der Waals surface area contributed by atoms with Crippen molar-refractivity contribution in [3.63, 3.8) is 0 Å². The number of phenolic OH excluding ortho intramolecular Hbond substituents is 1. The zero-order valence-electron chi connectivity index (χ0n) is 10.8. The summed E-state index contributed by atoms with van der Waals surface area (Å²) in [4.78, 5) is 4.20. The van der Waals surface area contributed by atoms with Crippen molar-refractivity contribution in [2.24, 2.45) is 0 Å². The molecule has 0 amide bonds. The summed E-state index contributed by atoms with van der Waals surface area (Å²) in [5.74, 6) is 0.750. The molecule has 4 heteroatoms. The summed E-state index contributed by atoms with van der Waals surface area (Å²) in [6, 6.07) is 9.16. The maximum Gasteiger partial charge on any atom is 0.200 e. The molecule has 0 aliphatic carbocycles. The lowest BCUT2D eigenvalue weighted by Crippen LogP contribution is -1.90. The Labute approximate surface area is 111 Å². The van der Waals surface area contributed by atoms with E-state index in [0.29, 0.717) is 11.5 Å². The van der Waals surface area contributed by atoms with Gasteiger partial charge in [-0.15, -0.1) is 0 Å². The quantitative estimate of drug-likeness (QED) is 0.914. The molecule has 0 unspecified atom stereocenters. The predicted octanol–water partition coefficient (Wildman–Crippen LogP) is 2.97. The summed E-state index contributed by atoms with van der Waals surface area (Å²) in [5, 5.41) is 9.81. The maximum atomic E-state index is 9.81. The molecule has 0 spiro atoms. The third-order valence-corrected chi connectivity index (χ3v) is 2.64. The number of methoxy groups -OCH3 is 2. The van der Waals surface area contributed by atoms with Gasteiger partial charge in [-0.1, -0.05) is 12.1 Å². The van der Waals surface area contributed by atoms with Crippen LogP contribution in [0.1, 0.15) is 11.3 Å². The summed E-state index contributed by atoms with van der Waals surface area (Å²) in [6.07, 6.45) is 5.50. The van der Waals surface area contributed by atoms with Crippen molar-refractivity contribution in [1.82, 2.24) is 4.98 Å². The topological polar surface area (TPSA) is 51.6 Å². The summed E-state index contributed by atoms with van der Waals surface area (Å²) in [5.41, 5.74) is 1.71. The van der Waals surface area contributed by atoms with Gasteiger partial charge in [0.15, 0.2) is 11.5 Å². The molecule has 98 valence electrons. The number of aromatic hydroxyl groups is 1. The molecule has 2 rings (SSSR count). The first-order valence-corrected chi connectivity index (χ1v) is 5.78. The molecule has 1 aromatic heterocycles. The van der Waals surface area contributed by atoms with Crippen LogP contribution in [-0.4, -0.2) is 24.3 Å². The van der Waals surface area contributed by atoms with Crippen LogP contribution < -0.4 is 9.47 Å². The molecule has 2 aromatic rings. The Morgan fingerprint density at radius 1 is 1.05 bits per heavy atom. The third-order valence-electron chi connectivity index (χ3n) is 2.64. The standard InChI is InChI=1S/C15H15NO3/c1-18-13-9-11(10-14(19-2)15(13)17)6-7-12-5-3-4-8-16-12/h3-10,17H,1-2H3/b7-6+. The number of pyridine rings is 1. The number of benzene rings is 1. The molecular weight excluding hydrogens is 242 g/mol. The van der Waals surface area contributed by atoms with Crippen molar-refractivity contribution in [3.05, 3.63) is 47.8 Å². The first-order valence-electron chi connectivity index (χ1n) is 5.78. The number of ether oxygens (including phenoxy) is 2. The van der Waals surface area contributed by atoms with Gasteiger partial charge in [-0.2, -0.15) is 0 Å². The van der Waals surface area contributed by atoms with Crippen LogP contribution in [0.25, 0.3) is 12.2 Å². The van der Waals surface area contributed by atoms with E-state index in [1.54, 1.807) is 18.3 Å². The Bertz CT molecular complexity index is 554. The van der Waals surface area contributed by atoms with Crippen LogP contribution in [-0.2, 0) is 0 Å². The molecule has 1 N–H and O–H groups in total. The van der Waals surface area contributed by atoms with E-state index in [2.05, 4.69) is 4.98 Å². The lowest BCUT2D eigenvalue weighted by molar-refractivity contribution is 0.340. The van der Waals surface area contributed by atoms with Crippen LogP contribution >= 0.6 is 0 Å². The van der Waals surface area contributed by atoms with Crippen molar-refractivity contribution in [1.29, 1.82) is 0 Å². The van der Waals surface area contributed by atoms with Gasteiger partial charge in [-0.05, 0) is 35.9 Å². The highest BCUT2D eigenvalue weighted by atomic mass is 16.5. The van der Waals surface area contributed by atoms with E-state index in [1.165, 1.54) is 14.2 Å². The van der Waals surface area contributed by atoms with E-state index < -0.39 is 0 Å². The van der Waals surface area contributed by atoms with E-state index in [9.17, 15) is 5.11 Å². The molecule has 0 bridgehead atoms. The molecule has 0 atom stereocenters. The van der Waals surface area contributed by atoms with Crippen molar-refractivity contribution in [2.45, 2.75) is 0 Å². The monoisotopic (exact) mass is 257 g/mol. The van der Waals surface area contributed by atoms with Gasteiger partial charge in [-0.25, -0.2) is 0 Å². The predicted molar refractivity (Wildman–Crippen MR) is 74.4 cm³/mol. The summed E-state index contributed by atoms with van der Waals surface area (Å²) >= 11 is 0. The van der Waals surface area contributed by atoms with Crippen LogP contribution in [0.2, 0.25) is 0 Å². The number of hydrogen-bond acceptors (Lipinski definition) is 4. The average molecular weight is 257 g/mol. The molecule has 0 aliphatic heterocycles. The molecule has 0 saturated carbocycles. The maximum absolute atomic E-state index is 9.81. The Morgan fingerprint density at radius 3 is 2.26 bits per heavy atom. The van der Waals surface area contributed by atoms with E-state index >= 15 is 0 Å². The molecule has 1 heterocycles. The number of rotatable bonds is 4. The Balaban J connectivity index is 2.33. The number of nitrogens with zero attached hydrogens (tertiary/aromatic N) is 1. The fourth-order valence-corrected chi connectivity index (χ4v) is 1.67. The van der Waals surface area contributed by atoms with Gasteiger partial charge in [0.1, 0.15) is 0 Å².